The van der Waals surface area contributed by atoms with Crippen molar-refractivity contribution in [3.8, 4) is 0 Å². The van der Waals surface area contributed by atoms with Gasteiger partial charge in [0.1, 0.15) is 5.54 Å². The van der Waals surface area contributed by atoms with Crippen molar-refractivity contribution in [3.63, 3.8) is 0 Å². The predicted molar refractivity (Wildman–Crippen MR) is 77.8 cm³/mol. The van der Waals surface area contributed by atoms with Crippen molar-refractivity contribution in [2.75, 3.05) is 7.11 Å². The van der Waals surface area contributed by atoms with Crippen LogP contribution in [0.4, 0.5) is 0 Å². The van der Waals surface area contributed by atoms with Gasteiger partial charge in [-0.1, -0.05) is 57.0 Å². The highest BCUT2D eigenvalue weighted by atomic mass is 16.5. The highest BCUT2D eigenvalue weighted by Crippen LogP contribution is 2.21. The Morgan fingerprint density at radius 2 is 1.95 bits per heavy atom. The second-order valence-electron chi connectivity index (χ2n) is 4.87. The maximum atomic E-state index is 12.1. The van der Waals surface area contributed by atoms with E-state index < -0.39 is 5.54 Å². The number of carbonyl (C=O) groups excluding carboxylic acids is 1. The van der Waals surface area contributed by atoms with Crippen LogP contribution in [0.1, 0.15) is 45.1 Å². The molecule has 1 aromatic carbocycles. The minimum absolute atomic E-state index is 0.153. The van der Waals surface area contributed by atoms with Crippen molar-refractivity contribution in [2.24, 2.45) is 0 Å². The second kappa shape index (κ2) is 7.95. The topological polar surface area (TPSA) is 38.3 Å². The molecule has 1 rings (SSSR count). The highest BCUT2D eigenvalue weighted by molar-refractivity contribution is 5.80. The number of hydrogen-bond acceptors (Lipinski definition) is 3. The molecule has 0 aliphatic rings. The molecule has 106 valence electrons. The van der Waals surface area contributed by atoms with Gasteiger partial charge in [-0.05, 0) is 18.4 Å². The van der Waals surface area contributed by atoms with E-state index in [1.807, 2.05) is 25.1 Å². The summed E-state index contributed by atoms with van der Waals surface area (Å²) in [6, 6.07) is 10.1. The molecule has 1 unspecified atom stereocenters. The van der Waals surface area contributed by atoms with Crippen molar-refractivity contribution >= 4 is 5.97 Å². The second-order valence-corrected chi connectivity index (χ2v) is 4.87. The first kappa shape index (κ1) is 15.7. The maximum Gasteiger partial charge on any atom is 0.326 e. The van der Waals surface area contributed by atoms with Gasteiger partial charge in [-0.3, -0.25) is 10.1 Å². The standard InChI is InChI=1S/C16H25NO2/c1-4-6-12-16(5-2,15(18)19-3)17-13-14-10-8-7-9-11-14/h7-11,17H,4-6,12-13H2,1-3H3. The molecule has 0 amide bonds. The molecule has 0 fully saturated rings. The summed E-state index contributed by atoms with van der Waals surface area (Å²) >= 11 is 0. The van der Waals surface area contributed by atoms with Gasteiger partial charge in [0.15, 0.2) is 0 Å². The number of rotatable bonds is 8. The van der Waals surface area contributed by atoms with Gasteiger partial charge < -0.3 is 4.74 Å². The fourth-order valence-electron chi connectivity index (χ4n) is 2.25. The quantitative estimate of drug-likeness (QED) is 0.731. The van der Waals surface area contributed by atoms with E-state index in [2.05, 4.69) is 24.4 Å². The van der Waals surface area contributed by atoms with Gasteiger partial charge in [-0.15, -0.1) is 0 Å². The number of nitrogens with one attached hydrogen (secondary N) is 1. The van der Waals surface area contributed by atoms with Gasteiger partial charge in [-0.2, -0.15) is 0 Å². The molecule has 0 saturated carbocycles. The van der Waals surface area contributed by atoms with Crippen LogP contribution in [0.2, 0.25) is 0 Å². The SMILES string of the molecule is CCCCC(CC)(NCc1ccccc1)C(=O)OC. The zero-order chi connectivity index (χ0) is 14.1. The molecular weight excluding hydrogens is 238 g/mol. The summed E-state index contributed by atoms with van der Waals surface area (Å²) in [7, 11) is 1.46. The van der Waals surface area contributed by atoms with E-state index in [0.29, 0.717) is 6.54 Å². The van der Waals surface area contributed by atoms with Crippen LogP contribution in [-0.4, -0.2) is 18.6 Å². The summed E-state index contributed by atoms with van der Waals surface area (Å²) in [5, 5.41) is 3.41. The minimum atomic E-state index is -0.555. The molecule has 3 heteroatoms. The number of methoxy groups -OCH3 is 1. The molecule has 1 atom stereocenters. The van der Waals surface area contributed by atoms with Crippen molar-refractivity contribution < 1.29 is 9.53 Å². The summed E-state index contributed by atoms with van der Waals surface area (Å²) in [6.45, 7) is 4.85. The van der Waals surface area contributed by atoms with Crippen LogP contribution in [0.15, 0.2) is 30.3 Å². The molecular formula is C16H25NO2. The number of hydrogen-bond donors (Lipinski definition) is 1. The van der Waals surface area contributed by atoms with Gasteiger partial charge in [0, 0.05) is 6.54 Å². The monoisotopic (exact) mass is 263 g/mol. The Bertz CT molecular complexity index is 378. The van der Waals surface area contributed by atoms with Crippen molar-refractivity contribution in [1.82, 2.24) is 5.32 Å². The lowest BCUT2D eigenvalue weighted by atomic mass is 9.89. The molecule has 19 heavy (non-hydrogen) atoms. The zero-order valence-electron chi connectivity index (χ0n) is 12.2. The molecule has 0 aliphatic carbocycles. The van der Waals surface area contributed by atoms with Gasteiger partial charge in [0.05, 0.1) is 7.11 Å². The fourth-order valence-corrected chi connectivity index (χ4v) is 2.25. The van der Waals surface area contributed by atoms with Crippen LogP contribution in [-0.2, 0) is 16.1 Å². The van der Waals surface area contributed by atoms with E-state index in [1.165, 1.54) is 12.7 Å². The van der Waals surface area contributed by atoms with Crippen LogP contribution < -0.4 is 5.32 Å². The predicted octanol–water partition coefficient (Wildman–Crippen LogP) is 3.29. The van der Waals surface area contributed by atoms with E-state index in [0.717, 1.165) is 25.7 Å². The normalized spacial score (nSPS) is 13.8. The van der Waals surface area contributed by atoms with E-state index in [1.54, 1.807) is 0 Å². The largest absolute Gasteiger partial charge is 0.468 e. The summed E-state index contributed by atoms with van der Waals surface area (Å²) in [4.78, 5) is 12.1. The summed E-state index contributed by atoms with van der Waals surface area (Å²) < 4.78 is 4.99. The van der Waals surface area contributed by atoms with Crippen molar-refractivity contribution in [2.45, 2.75) is 51.6 Å². The smallest absolute Gasteiger partial charge is 0.326 e. The minimum Gasteiger partial charge on any atom is -0.468 e. The van der Waals surface area contributed by atoms with E-state index in [-0.39, 0.29) is 5.97 Å². The summed E-state index contributed by atoms with van der Waals surface area (Å²) in [5.74, 6) is -0.153. The third kappa shape index (κ3) is 4.35. The van der Waals surface area contributed by atoms with Crippen molar-refractivity contribution in [1.29, 1.82) is 0 Å². The molecule has 0 bridgehead atoms. The Balaban J connectivity index is 2.75. The van der Waals surface area contributed by atoms with Crippen LogP contribution in [0.25, 0.3) is 0 Å². The lowest BCUT2D eigenvalue weighted by Gasteiger charge is -2.31. The molecule has 1 aromatic rings. The Morgan fingerprint density at radius 3 is 2.47 bits per heavy atom. The third-order valence-corrected chi connectivity index (χ3v) is 3.61. The zero-order valence-corrected chi connectivity index (χ0v) is 12.2. The maximum absolute atomic E-state index is 12.1. The van der Waals surface area contributed by atoms with E-state index in [4.69, 9.17) is 4.74 Å². The lowest BCUT2D eigenvalue weighted by Crippen LogP contribution is -2.51. The molecule has 0 radical (unpaired) electrons. The van der Waals surface area contributed by atoms with E-state index in [9.17, 15) is 4.79 Å². The van der Waals surface area contributed by atoms with E-state index >= 15 is 0 Å². The van der Waals surface area contributed by atoms with Gasteiger partial charge in [0.25, 0.3) is 0 Å². The molecule has 0 heterocycles. The Morgan fingerprint density at radius 1 is 1.26 bits per heavy atom. The molecule has 0 aliphatic heterocycles. The number of carbonyl (C=O) groups is 1. The molecule has 0 aromatic heterocycles. The van der Waals surface area contributed by atoms with Crippen LogP contribution in [0.3, 0.4) is 0 Å². The summed E-state index contributed by atoms with van der Waals surface area (Å²) in [5.41, 5.74) is 0.626. The Hall–Kier alpha value is -1.35. The van der Waals surface area contributed by atoms with Gasteiger partial charge >= 0.3 is 5.97 Å². The molecule has 0 saturated heterocycles. The number of esters is 1. The van der Waals surface area contributed by atoms with Gasteiger partial charge in [-0.25, -0.2) is 0 Å². The van der Waals surface area contributed by atoms with Crippen LogP contribution in [0.5, 0.6) is 0 Å². The highest BCUT2D eigenvalue weighted by Gasteiger charge is 2.36. The van der Waals surface area contributed by atoms with Crippen LogP contribution in [0, 0.1) is 0 Å². The van der Waals surface area contributed by atoms with Crippen molar-refractivity contribution in [3.05, 3.63) is 35.9 Å². The van der Waals surface area contributed by atoms with Crippen LogP contribution >= 0.6 is 0 Å². The van der Waals surface area contributed by atoms with Gasteiger partial charge in [0.2, 0.25) is 0 Å². The fraction of sp³-hybridized carbons (Fsp3) is 0.562. The first-order chi connectivity index (χ1) is 9.18. The molecule has 3 nitrogen and oxygen atoms in total. The molecule has 1 N–H and O–H groups in total. The lowest BCUT2D eigenvalue weighted by molar-refractivity contribution is -0.149. The third-order valence-electron chi connectivity index (χ3n) is 3.61. The Kier molecular flexibility index (Phi) is 6.57. The number of unbranched alkanes of at least 4 members (excludes halogenated alkanes) is 1. The first-order valence-electron chi connectivity index (χ1n) is 7.06. The first-order valence-corrected chi connectivity index (χ1v) is 7.06. The number of benzene rings is 1. The summed E-state index contributed by atoms with van der Waals surface area (Å²) in [6.07, 6.45) is 3.66. The molecule has 0 spiro atoms. The Labute approximate surface area is 116 Å². The average molecular weight is 263 g/mol. The average Bonchev–Trinajstić information content (AvgIpc) is 2.48. The number of ether oxygens (including phenoxy) is 1.